The van der Waals surface area contributed by atoms with E-state index in [1.807, 2.05) is 6.07 Å². The fourth-order valence-corrected chi connectivity index (χ4v) is 3.73. The summed E-state index contributed by atoms with van der Waals surface area (Å²) < 4.78 is 5.48. The van der Waals surface area contributed by atoms with E-state index in [1.165, 1.54) is 38.0 Å². The Bertz CT molecular complexity index is 440. The Balaban J connectivity index is 1.61. The van der Waals surface area contributed by atoms with E-state index in [2.05, 4.69) is 34.9 Å². The van der Waals surface area contributed by atoms with Gasteiger partial charge in [-0.25, -0.2) is 0 Å². The molecule has 0 aromatic heterocycles. The second kappa shape index (κ2) is 6.04. The predicted molar refractivity (Wildman–Crippen MR) is 83.6 cm³/mol. The number of para-hydroxylation sites is 2. The van der Waals surface area contributed by atoms with E-state index in [4.69, 9.17) is 4.74 Å². The van der Waals surface area contributed by atoms with E-state index < -0.39 is 0 Å². The summed E-state index contributed by atoms with van der Waals surface area (Å²) in [5.74, 6) is 1.92. The van der Waals surface area contributed by atoms with Gasteiger partial charge in [-0.3, -0.25) is 4.90 Å². The fraction of sp³-hybridized carbons (Fsp3) is 0.647. The molecule has 1 aliphatic carbocycles. The first-order valence-corrected chi connectivity index (χ1v) is 7.90. The highest BCUT2D eigenvalue weighted by atomic mass is 16.5. The Hall–Kier alpha value is -1.22. The fourth-order valence-electron chi connectivity index (χ4n) is 3.73. The molecule has 3 heteroatoms. The van der Waals surface area contributed by atoms with Crippen LogP contribution in [0, 0.1) is 5.92 Å². The van der Waals surface area contributed by atoms with Crippen molar-refractivity contribution in [2.75, 3.05) is 38.2 Å². The molecule has 1 saturated heterocycles. The highest BCUT2D eigenvalue weighted by Crippen LogP contribution is 2.32. The van der Waals surface area contributed by atoms with E-state index in [1.54, 1.807) is 7.11 Å². The molecule has 3 nitrogen and oxygen atoms in total. The Labute approximate surface area is 122 Å². The first-order valence-electron chi connectivity index (χ1n) is 7.90. The molecule has 3 rings (SSSR count). The molecule has 0 bridgehead atoms. The van der Waals surface area contributed by atoms with Crippen molar-refractivity contribution >= 4 is 5.69 Å². The van der Waals surface area contributed by atoms with Crippen molar-refractivity contribution in [3.05, 3.63) is 24.3 Å². The molecule has 0 N–H and O–H groups in total. The van der Waals surface area contributed by atoms with Gasteiger partial charge in [-0.1, -0.05) is 19.1 Å². The molecular weight excluding hydrogens is 248 g/mol. The number of piperazine rings is 1. The van der Waals surface area contributed by atoms with Gasteiger partial charge in [0.25, 0.3) is 0 Å². The van der Waals surface area contributed by atoms with Crippen LogP contribution in [0.25, 0.3) is 0 Å². The van der Waals surface area contributed by atoms with E-state index in [0.29, 0.717) is 0 Å². The largest absolute Gasteiger partial charge is 0.495 e. The van der Waals surface area contributed by atoms with Crippen LogP contribution in [-0.2, 0) is 0 Å². The van der Waals surface area contributed by atoms with Crippen LogP contribution in [-0.4, -0.2) is 44.2 Å². The molecule has 1 aromatic carbocycles. The number of benzene rings is 1. The third kappa shape index (κ3) is 2.78. The van der Waals surface area contributed by atoms with Crippen molar-refractivity contribution in [2.24, 2.45) is 5.92 Å². The molecule has 2 aliphatic rings. The van der Waals surface area contributed by atoms with Crippen LogP contribution < -0.4 is 9.64 Å². The summed E-state index contributed by atoms with van der Waals surface area (Å²) in [4.78, 5) is 5.17. The quantitative estimate of drug-likeness (QED) is 0.842. The summed E-state index contributed by atoms with van der Waals surface area (Å²) in [5, 5.41) is 0. The monoisotopic (exact) mass is 274 g/mol. The normalized spacial score (nSPS) is 27.8. The number of methoxy groups -OCH3 is 1. The first-order chi connectivity index (χ1) is 9.78. The molecule has 0 radical (unpaired) electrons. The minimum atomic E-state index is 0.838. The lowest BCUT2D eigenvalue weighted by molar-refractivity contribution is 0.184. The molecule has 0 unspecified atom stereocenters. The second-order valence-electron chi connectivity index (χ2n) is 6.27. The van der Waals surface area contributed by atoms with Crippen LogP contribution in [0.3, 0.4) is 0 Å². The smallest absolute Gasteiger partial charge is 0.142 e. The van der Waals surface area contributed by atoms with Gasteiger partial charge >= 0.3 is 0 Å². The Morgan fingerprint density at radius 2 is 1.80 bits per heavy atom. The maximum atomic E-state index is 5.48. The summed E-state index contributed by atoms with van der Waals surface area (Å²) >= 11 is 0. The standard InChI is InChI=1S/C17H26N2O/c1-14-7-8-15(13-14)18-9-11-19(12-10-18)16-5-3-4-6-17(16)20-2/h3-6,14-15H,7-13H2,1-2H3/t14-,15-/m1/s1. The molecule has 20 heavy (non-hydrogen) atoms. The Kier molecular flexibility index (Phi) is 4.16. The summed E-state index contributed by atoms with van der Waals surface area (Å²) in [6, 6.07) is 9.21. The lowest BCUT2D eigenvalue weighted by Crippen LogP contribution is -2.49. The van der Waals surface area contributed by atoms with Crippen LogP contribution in [0.2, 0.25) is 0 Å². The average molecular weight is 274 g/mol. The molecule has 0 amide bonds. The summed E-state index contributed by atoms with van der Waals surface area (Å²) in [6.45, 7) is 7.01. The summed E-state index contributed by atoms with van der Waals surface area (Å²) in [7, 11) is 1.76. The minimum absolute atomic E-state index is 0.838. The van der Waals surface area contributed by atoms with Crippen molar-refractivity contribution < 1.29 is 4.74 Å². The van der Waals surface area contributed by atoms with Crippen LogP contribution >= 0.6 is 0 Å². The molecule has 2 atom stereocenters. The third-order valence-corrected chi connectivity index (χ3v) is 4.92. The van der Waals surface area contributed by atoms with E-state index in [0.717, 1.165) is 30.8 Å². The number of nitrogens with zero attached hydrogens (tertiary/aromatic N) is 2. The zero-order chi connectivity index (χ0) is 13.9. The minimum Gasteiger partial charge on any atom is -0.495 e. The zero-order valence-electron chi connectivity index (χ0n) is 12.7. The topological polar surface area (TPSA) is 15.7 Å². The molecule has 2 fully saturated rings. The molecule has 0 spiro atoms. The molecule has 1 saturated carbocycles. The van der Waals surface area contributed by atoms with Crippen LogP contribution in [0.5, 0.6) is 5.75 Å². The predicted octanol–water partition coefficient (Wildman–Crippen LogP) is 3.01. The Morgan fingerprint density at radius 3 is 2.45 bits per heavy atom. The highest BCUT2D eigenvalue weighted by molar-refractivity contribution is 5.58. The Morgan fingerprint density at radius 1 is 1.05 bits per heavy atom. The number of hydrogen-bond donors (Lipinski definition) is 0. The van der Waals surface area contributed by atoms with Crippen LogP contribution in [0.1, 0.15) is 26.2 Å². The van der Waals surface area contributed by atoms with Gasteiger partial charge in [0.15, 0.2) is 0 Å². The number of rotatable bonds is 3. The highest BCUT2D eigenvalue weighted by Gasteiger charge is 2.29. The first kappa shape index (κ1) is 13.7. The van der Waals surface area contributed by atoms with Crippen LogP contribution in [0.4, 0.5) is 5.69 Å². The number of ether oxygens (including phenoxy) is 1. The van der Waals surface area contributed by atoms with Gasteiger partial charge in [-0.15, -0.1) is 0 Å². The summed E-state index contributed by atoms with van der Waals surface area (Å²) in [6.07, 6.45) is 4.21. The van der Waals surface area contributed by atoms with E-state index in [9.17, 15) is 0 Å². The molecular formula is C17H26N2O. The van der Waals surface area contributed by atoms with Crippen molar-refractivity contribution in [3.8, 4) is 5.75 Å². The average Bonchev–Trinajstić information content (AvgIpc) is 2.94. The lowest BCUT2D eigenvalue weighted by atomic mass is 10.1. The molecule has 1 aliphatic heterocycles. The molecule has 110 valence electrons. The number of anilines is 1. The SMILES string of the molecule is COc1ccccc1N1CCN([C@@H]2CC[C@@H](C)C2)CC1. The van der Waals surface area contributed by atoms with Gasteiger partial charge in [0.05, 0.1) is 12.8 Å². The van der Waals surface area contributed by atoms with Gasteiger partial charge in [0.1, 0.15) is 5.75 Å². The van der Waals surface area contributed by atoms with Gasteiger partial charge < -0.3 is 9.64 Å². The molecule has 1 heterocycles. The second-order valence-corrected chi connectivity index (χ2v) is 6.27. The van der Waals surface area contributed by atoms with Gasteiger partial charge in [-0.2, -0.15) is 0 Å². The van der Waals surface area contributed by atoms with E-state index in [-0.39, 0.29) is 0 Å². The van der Waals surface area contributed by atoms with Crippen molar-refractivity contribution in [2.45, 2.75) is 32.2 Å². The summed E-state index contributed by atoms with van der Waals surface area (Å²) in [5.41, 5.74) is 1.24. The van der Waals surface area contributed by atoms with Gasteiger partial charge in [0, 0.05) is 32.2 Å². The van der Waals surface area contributed by atoms with E-state index >= 15 is 0 Å². The van der Waals surface area contributed by atoms with Crippen LogP contribution in [0.15, 0.2) is 24.3 Å². The maximum Gasteiger partial charge on any atom is 0.142 e. The van der Waals surface area contributed by atoms with Crippen molar-refractivity contribution in [1.29, 1.82) is 0 Å². The zero-order valence-corrected chi connectivity index (χ0v) is 12.7. The number of hydrogen-bond acceptors (Lipinski definition) is 3. The maximum absolute atomic E-state index is 5.48. The van der Waals surface area contributed by atoms with Gasteiger partial charge in [0.2, 0.25) is 0 Å². The van der Waals surface area contributed by atoms with Gasteiger partial charge in [-0.05, 0) is 37.3 Å². The lowest BCUT2D eigenvalue weighted by Gasteiger charge is -2.39. The third-order valence-electron chi connectivity index (χ3n) is 4.92. The van der Waals surface area contributed by atoms with Crippen molar-refractivity contribution in [1.82, 2.24) is 4.90 Å². The van der Waals surface area contributed by atoms with Crippen molar-refractivity contribution in [3.63, 3.8) is 0 Å². The molecule has 1 aromatic rings.